The summed E-state index contributed by atoms with van der Waals surface area (Å²) in [5.41, 5.74) is 3.87. The van der Waals surface area contributed by atoms with Crippen molar-refractivity contribution in [1.29, 1.82) is 0 Å². The third kappa shape index (κ3) is 2.69. The molecular weight excluding hydrogens is 316 g/mol. The Morgan fingerprint density at radius 1 is 1.28 bits per heavy atom. The van der Waals surface area contributed by atoms with E-state index in [4.69, 9.17) is 4.74 Å². The first-order chi connectivity index (χ1) is 11.8. The van der Waals surface area contributed by atoms with E-state index in [2.05, 4.69) is 28.5 Å². The van der Waals surface area contributed by atoms with Gasteiger partial charge >= 0.3 is 6.09 Å². The van der Waals surface area contributed by atoms with Crippen molar-refractivity contribution in [3.8, 4) is 0 Å². The second-order valence-corrected chi connectivity index (χ2v) is 7.92. The first-order valence-corrected chi connectivity index (χ1v) is 8.83. The lowest BCUT2D eigenvalue weighted by Crippen LogP contribution is -2.47. The fraction of sp³-hybridized carbons (Fsp3) is 0.526. The molecule has 1 aromatic carbocycles. The van der Waals surface area contributed by atoms with Crippen molar-refractivity contribution in [3.05, 3.63) is 46.8 Å². The number of carbonyl (C=O) groups is 1. The number of benzene rings is 1. The van der Waals surface area contributed by atoms with Crippen LogP contribution < -0.4 is 0 Å². The highest BCUT2D eigenvalue weighted by Crippen LogP contribution is 2.45. The van der Waals surface area contributed by atoms with Gasteiger partial charge in [0, 0.05) is 0 Å². The second-order valence-electron chi connectivity index (χ2n) is 7.92. The molecule has 0 spiro atoms. The van der Waals surface area contributed by atoms with Crippen molar-refractivity contribution in [3.63, 3.8) is 0 Å². The van der Waals surface area contributed by atoms with Crippen LogP contribution in [-0.4, -0.2) is 31.6 Å². The Kier molecular flexibility index (Phi) is 3.60. The average Bonchev–Trinajstić information content (AvgIpc) is 2.93. The molecule has 2 aromatic rings. The molecule has 1 aliphatic heterocycles. The van der Waals surface area contributed by atoms with Crippen LogP contribution in [0.1, 0.15) is 61.8 Å². The van der Waals surface area contributed by atoms with E-state index in [1.807, 2.05) is 43.3 Å². The minimum absolute atomic E-state index is 0.0617. The van der Waals surface area contributed by atoms with Gasteiger partial charge in [-0.3, -0.25) is 4.90 Å². The molecule has 0 saturated carbocycles. The molecule has 0 bridgehead atoms. The lowest BCUT2D eigenvalue weighted by Gasteiger charge is -2.44. The Hall–Kier alpha value is -2.37. The Balaban J connectivity index is 1.80. The van der Waals surface area contributed by atoms with Gasteiger partial charge in [-0.25, -0.2) is 9.48 Å². The first-order valence-electron chi connectivity index (χ1n) is 8.83. The van der Waals surface area contributed by atoms with Crippen LogP contribution in [0.4, 0.5) is 4.79 Å². The highest BCUT2D eigenvalue weighted by atomic mass is 16.6. The molecule has 0 fully saturated rings. The SMILES string of the molecule is Cc1nnn2c1CN(C(=O)OC(C)(C)C)[C@@H]1c3ccccc3CC[C@@H]12. The van der Waals surface area contributed by atoms with Gasteiger partial charge in [-0.2, -0.15) is 0 Å². The molecule has 0 radical (unpaired) electrons. The molecule has 0 N–H and O–H groups in total. The van der Waals surface area contributed by atoms with E-state index < -0.39 is 5.60 Å². The predicted molar refractivity (Wildman–Crippen MR) is 93.1 cm³/mol. The maximum Gasteiger partial charge on any atom is 0.411 e. The fourth-order valence-corrected chi connectivity index (χ4v) is 3.96. The largest absolute Gasteiger partial charge is 0.444 e. The summed E-state index contributed by atoms with van der Waals surface area (Å²) in [7, 11) is 0. The van der Waals surface area contributed by atoms with E-state index in [-0.39, 0.29) is 18.2 Å². The van der Waals surface area contributed by atoms with Gasteiger partial charge in [0.05, 0.1) is 30.0 Å². The molecule has 0 unspecified atom stereocenters. The summed E-state index contributed by atoms with van der Waals surface area (Å²) in [5.74, 6) is 0. The second kappa shape index (κ2) is 5.58. The van der Waals surface area contributed by atoms with Gasteiger partial charge in [0.25, 0.3) is 0 Å². The summed E-state index contributed by atoms with van der Waals surface area (Å²) >= 11 is 0. The minimum Gasteiger partial charge on any atom is -0.444 e. The number of nitrogens with zero attached hydrogens (tertiary/aromatic N) is 4. The van der Waals surface area contributed by atoms with Gasteiger partial charge in [0.15, 0.2) is 0 Å². The number of rotatable bonds is 0. The predicted octanol–water partition coefficient (Wildman–Crippen LogP) is 3.57. The lowest BCUT2D eigenvalue weighted by atomic mass is 9.82. The van der Waals surface area contributed by atoms with Crippen LogP contribution in [0, 0.1) is 6.92 Å². The summed E-state index contributed by atoms with van der Waals surface area (Å²) < 4.78 is 7.73. The van der Waals surface area contributed by atoms with Gasteiger partial charge < -0.3 is 4.74 Å². The third-order valence-electron chi connectivity index (χ3n) is 5.03. The molecule has 2 heterocycles. The number of carbonyl (C=O) groups excluding carboxylic acids is 1. The van der Waals surface area contributed by atoms with Crippen molar-refractivity contribution in [2.75, 3.05) is 0 Å². The highest BCUT2D eigenvalue weighted by molar-refractivity contribution is 5.69. The topological polar surface area (TPSA) is 60.2 Å². The molecule has 1 aliphatic carbocycles. The van der Waals surface area contributed by atoms with Gasteiger partial charge in [0.2, 0.25) is 0 Å². The molecule has 2 atom stereocenters. The summed E-state index contributed by atoms with van der Waals surface area (Å²) in [6, 6.07) is 8.42. The van der Waals surface area contributed by atoms with Crippen molar-refractivity contribution >= 4 is 6.09 Å². The molecule has 25 heavy (non-hydrogen) atoms. The molecule has 132 valence electrons. The van der Waals surface area contributed by atoms with Crippen LogP contribution in [0.2, 0.25) is 0 Å². The Morgan fingerprint density at radius 2 is 2.04 bits per heavy atom. The van der Waals surface area contributed by atoms with E-state index in [0.717, 1.165) is 24.2 Å². The van der Waals surface area contributed by atoms with Crippen LogP contribution in [0.3, 0.4) is 0 Å². The van der Waals surface area contributed by atoms with Gasteiger partial charge in [-0.05, 0) is 51.7 Å². The number of amides is 1. The van der Waals surface area contributed by atoms with Crippen LogP contribution >= 0.6 is 0 Å². The summed E-state index contributed by atoms with van der Waals surface area (Å²) in [4.78, 5) is 14.8. The summed E-state index contributed by atoms with van der Waals surface area (Å²) in [5, 5.41) is 8.62. The number of hydrogen-bond acceptors (Lipinski definition) is 4. The molecule has 6 heteroatoms. The molecule has 0 saturated heterocycles. The zero-order valence-electron chi connectivity index (χ0n) is 15.2. The Bertz CT molecular complexity index is 821. The fourth-order valence-electron chi connectivity index (χ4n) is 3.96. The van der Waals surface area contributed by atoms with Gasteiger partial charge in [-0.15, -0.1) is 5.10 Å². The van der Waals surface area contributed by atoms with Crippen LogP contribution in [0.25, 0.3) is 0 Å². The summed E-state index contributed by atoms with van der Waals surface area (Å²) in [6.07, 6.45) is 1.65. The Labute approximate surface area is 147 Å². The van der Waals surface area contributed by atoms with E-state index >= 15 is 0 Å². The number of ether oxygens (including phenoxy) is 1. The molecule has 4 rings (SSSR count). The molecule has 2 aliphatic rings. The monoisotopic (exact) mass is 340 g/mol. The third-order valence-corrected chi connectivity index (χ3v) is 5.03. The van der Waals surface area contributed by atoms with Crippen molar-refractivity contribution in [1.82, 2.24) is 19.9 Å². The van der Waals surface area contributed by atoms with Crippen LogP contribution in [0.15, 0.2) is 24.3 Å². The van der Waals surface area contributed by atoms with Crippen LogP contribution in [0.5, 0.6) is 0 Å². The highest BCUT2D eigenvalue weighted by Gasteiger charge is 2.44. The molecular formula is C19H24N4O2. The molecule has 1 aromatic heterocycles. The smallest absolute Gasteiger partial charge is 0.411 e. The van der Waals surface area contributed by atoms with Crippen molar-refractivity contribution in [2.45, 2.75) is 64.8 Å². The quantitative estimate of drug-likeness (QED) is 0.736. The minimum atomic E-state index is -0.522. The average molecular weight is 340 g/mol. The van der Waals surface area contributed by atoms with Crippen molar-refractivity contribution < 1.29 is 9.53 Å². The van der Waals surface area contributed by atoms with E-state index in [1.54, 1.807) is 0 Å². The lowest BCUT2D eigenvalue weighted by molar-refractivity contribution is -0.00339. The van der Waals surface area contributed by atoms with E-state index in [1.165, 1.54) is 11.1 Å². The standard InChI is InChI=1S/C19H24N4O2/c1-12-16-11-22(18(24)25-19(2,3)4)17-14-8-6-5-7-13(14)9-10-15(17)23(16)21-20-12/h5-8,15,17H,9-11H2,1-4H3/t15-,17+/m0/s1. The first kappa shape index (κ1) is 16.1. The number of aryl methyl sites for hydroxylation is 2. The van der Waals surface area contributed by atoms with Crippen LogP contribution in [-0.2, 0) is 17.7 Å². The summed E-state index contributed by atoms with van der Waals surface area (Å²) in [6.45, 7) is 8.13. The Morgan fingerprint density at radius 3 is 2.80 bits per heavy atom. The van der Waals surface area contributed by atoms with Crippen molar-refractivity contribution in [2.24, 2.45) is 0 Å². The maximum atomic E-state index is 13.0. The number of hydrogen-bond donors (Lipinski definition) is 0. The van der Waals surface area contributed by atoms with E-state index in [9.17, 15) is 4.79 Å². The molecule has 1 amide bonds. The maximum absolute atomic E-state index is 13.0. The normalized spacial score (nSPS) is 22.0. The molecule has 6 nitrogen and oxygen atoms in total. The number of aromatic nitrogens is 3. The van der Waals surface area contributed by atoms with Gasteiger partial charge in [-0.1, -0.05) is 29.5 Å². The van der Waals surface area contributed by atoms with Gasteiger partial charge in [0.1, 0.15) is 5.60 Å². The number of fused-ring (bicyclic) bond motifs is 5. The zero-order valence-corrected chi connectivity index (χ0v) is 15.2. The van der Waals surface area contributed by atoms with E-state index in [0.29, 0.717) is 6.54 Å². The zero-order chi connectivity index (χ0) is 17.8.